The standard InChI is InChI=1S/C23H19FO4/c24-22-11-10-19(28-18-4-2-1-3-5-18)13-20(22)15-6-8-17(9-7-15)27-14-16-12-21(16)23(25)26/h1-11,13,16,21H,12,14H2,(H,25,26)/t16-,21-/m0/s1. The van der Waals surface area contributed by atoms with E-state index in [0.29, 0.717) is 41.4 Å². The van der Waals surface area contributed by atoms with Gasteiger partial charge in [0.2, 0.25) is 0 Å². The number of hydrogen-bond donors (Lipinski definition) is 1. The van der Waals surface area contributed by atoms with E-state index in [9.17, 15) is 9.18 Å². The van der Waals surface area contributed by atoms with E-state index in [-0.39, 0.29) is 17.7 Å². The number of rotatable bonds is 7. The SMILES string of the molecule is O=C(O)[C@H]1C[C@H]1COc1ccc(-c2cc(Oc3ccccc3)ccc2F)cc1. The number of benzene rings is 3. The van der Waals surface area contributed by atoms with Gasteiger partial charge < -0.3 is 14.6 Å². The van der Waals surface area contributed by atoms with Gasteiger partial charge in [-0.1, -0.05) is 30.3 Å². The van der Waals surface area contributed by atoms with Gasteiger partial charge in [-0.05, 0) is 54.4 Å². The van der Waals surface area contributed by atoms with Crippen molar-refractivity contribution < 1.29 is 23.8 Å². The van der Waals surface area contributed by atoms with Crippen molar-refractivity contribution >= 4 is 5.97 Å². The molecule has 0 saturated heterocycles. The second-order valence-corrected chi connectivity index (χ2v) is 6.83. The number of carboxylic acid groups (broad SMARTS) is 1. The molecule has 0 heterocycles. The first-order valence-corrected chi connectivity index (χ1v) is 9.08. The molecule has 0 spiro atoms. The molecule has 1 saturated carbocycles. The van der Waals surface area contributed by atoms with E-state index >= 15 is 0 Å². The molecule has 5 heteroatoms. The predicted octanol–water partition coefficient (Wildman–Crippen LogP) is 5.38. The second kappa shape index (κ2) is 7.72. The zero-order valence-corrected chi connectivity index (χ0v) is 15.0. The highest BCUT2D eigenvalue weighted by atomic mass is 19.1. The average Bonchev–Trinajstić information content (AvgIpc) is 3.49. The Labute approximate surface area is 162 Å². The molecule has 0 aliphatic heterocycles. The molecular weight excluding hydrogens is 359 g/mol. The molecule has 1 aliphatic rings. The summed E-state index contributed by atoms with van der Waals surface area (Å²) >= 11 is 0. The van der Waals surface area contributed by atoms with E-state index in [1.807, 2.05) is 30.3 Å². The lowest BCUT2D eigenvalue weighted by atomic mass is 10.0. The van der Waals surface area contributed by atoms with E-state index in [2.05, 4.69) is 0 Å². The minimum Gasteiger partial charge on any atom is -0.493 e. The molecule has 4 rings (SSSR count). The summed E-state index contributed by atoms with van der Waals surface area (Å²) in [5.74, 6) is 0.548. The molecule has 1 N–H and O–H groups in total. The van der Waals surface area contributed by atoms with Crippen LogP contribution in [-0.2, 0) is 4.79 Å². The van der Waals surface area contributed by atoms with Gasteiger partial charge in [0.15, 0.2) is 0 Å². The van der Waals surface area contributed by atoms with Gasteiger partial charge in [0.1, 0.15) is 23.1 Å². The van der Waals surface area contributed by atoms with Gasteiger partial charge in [0.05, 0.1) is 12.5 Å². The Morgan fingerprint density at radius 2 is 1.68 bits per heavy atom. The second-order valence-electron chi connectivity index (χ2n) is 6.83. The summed E-state index contributed by atoms with van der Waals surface area (Å²) in [7, 11) is 0. The fraction of sp³-hybridized carbons (Fsp3) is 0.174. The molecule has 0 unspecified atom stereocenters. The predicted molar refractivity (Wildman–Crippen MR) is 103 cm³/mol. The Bertz CT molecular complexity index is 970. The molecule has 0 bridgehead atoms. The minimum absolute atomic E-state index is 0.0708. The highest BCUT2D eigenvalue weighted by Gasteiger charge is 2.43. The minimum atomic E-state index is -0.767. The number of halogens is 1. The largest absolute Gasteiger partial charge is 0.493 e. The molecule has 1 fully saturated rings. The molecule has 2 atom stereocenters. The Kier molecular flexibility index (Phi) is 4.98. The van der Waals surface area contributed by atoms with Crippen LogP contribution in [0.1, 0.15) is 6.42 Å². The van der Waals surface area contributed by atoms with Crippen LogP contribution in [-0.4, -0.2) is 17.7 Å². The summed E-state index contributed by atoms with van der Waals surface area (Å²) in [4.78, 5) is 10.9. The maximum absolute atomic E-state index is 14.3. The summed E-state index contributed by atoms with van der Waals surface area (Å²) in [6.07, 6.45) is 0.660. The van der Waals surface area contributed by atoms with Crippen LogP contribution < -0.4 is 9.47 Å². The fourth-order valence-corrected chi connectivity index (χ4v) is 3.08. The Balaban J connectivity index is 1.45. The Hall–Kier alpha value is -3.34. The molecule has 0 amide bonds. The van der Waals surface area contributed by atoms with Crippen molar-refractivity contribution in [1.82, 2.24) is 0 Å². The third-order valence-electron chi connectivity index (χ3n) is 4.79. The molecule has 4 nitrogen and oxygen atoms in total. The molecular formula is C23H19FO4. The topological polar surface area (TPSA) is 55.8 Å². The van der Waals surface area contributed by atoms with Gasteiger partial charge in [-0.15, -0.1) is 0 Å². The lowest BCUT2D eigenvalue weighted by molar-refractivity contribution is -0.138. The van der Waals surface area contributed by atoms with Crippen molar-refractivity contribution in [3.8, 4) is 28.4 Å². The van der Waals surface area contributed by atoms with Crippen molar-refractivity contribution in [2.75, 3.05) is 6.61 Å². The first-order valence-electron chi connectivity index (χ1n) is 9.08. The molecule has 0 radical (unpaired) electrons. The third kappa shape index (κ3) is 4.14. The normalized spacial score (nSPS) is 17.8. The van der Waals surface area contributed by atoms with Crippen LogP contribution in [0.15, 0.2) is 72.8 Å². The van der Waals surface area contributed by atoms with Gasteiger partial charge in [0.25, 0.3) is 0 Å². The first kappa shape index (κ1) is 18.0. The van der Waals surface area contributed by atoms with Crippen molar-refractivity contribution in [2.45, 2.75) is 6.42 Å². The zero-order chi connectivity index (χ0) is 19.5. The molecule has 142 valence electrons. The number of hydrogen-bond acceptors (Lipinski definition) is 3. The van der Waals surface area contributed by atoms with Gasteiger partial charge in [-0.25, -0.2) is 4.39 Å². The van der Waals surface area contributed by atoms with Gasteiger partial charge in [-0.3, -0.25) is 4.79 Å². The number of carboxylic acids is 1. The van der Waals surface area contributed by atoms with Crippen molar-refractivity contribution in [3.63, 3.8) is 0 Å². The molecule has 28 heavy (non-hydrogen) atoms. The van der Waals surface area contributed by atoms with E-state index in [1.165, 1.54) is 6.07 Å². The van der Waals surface area contributed by atoms with Crippen LogP contribution in [0.2, 0.25) is 0 Å². The molecule has 3 aromatic carbocycles. The molecule has 1 aliphatic carbocycles. The number of ether oxygens (including phenoxy) is 2. The lowest BCUT2D eigenvalue weighted by Gasteiger charge is -2.10. The van der Waals surface area contributed by atoms with Gasteiger partial charge >= 0.3 is 5.97 Å². The fourth-order valence-electron chi connectivity index (χ4n) is 3.08. The van der Waals surface area contributed by atoms with Crippen molar-refractivity contribution in [3.05, 3.63) is 78.6 Å². The zero-order valence-electron chi connectivity index (χ0n) is 15.0. The number of carbonyl (C=O) groups is 1. The van der Waals surface area contributed by atoms with Crippen LogP contribution in [0, 0.1) is 17.7 Å². The van der Waals surface area contributed by atoms with Crippen LogP contribution in [0.4, 0.5) is 4.39 Å². The number of aliphatic carboxylic acids is 1. The number of para-hydroxylation sites is 1. The Morgan fingerprint density at radius 3 is 2.36 bits per heavy atom. The first-order chi connectivity index (χ1) is 13.6. The smallest absolute Gasteiger partial charge is 0.306 e. The van der Waals surface area contributed by atoms with E-state index in [4.69, 9.17) is 14.6 Å². The average molecular weight is 378 g/mol. The monoisotopic (exact) mass is 378 g/mol. The lowest BCUT2D eigenvalue weighted by Crippen LogP contribution is -2.06. The quantitative estimate of drug-likeness (QED) is 0.599. The summed E-state index contributed by atoms with van der Waals surface area (Å²) in [5, 5.41) is 8.92. The van der Waals surface area contributed by atoms with Crippen molar-refractivity contribution in [1.29, 1.82) is 0 Å². The Morgan fingerprint density at radius 1 is 0.964 bits per heavy atom. The highest BCUT2D eigenvalue weighted by molar-refractivity contribution is 5.73. The van der Waals surface area contributed by atoms with Crippen LogP contribution in [0.3, 0.4) is 0 Å². The van der Waals surface area contributed by atoms with Gasteiger partial charge in [-0.2, -0.15) is 0 Å². The molecule has 3 aromatic rings. The van der Waals surface area contributed by atoms with Gasteiger partial charge in [0, 0.05) is 11.5 Å². The van der Waals surface area contributed by atoms with E-state index < -0.39 is 5.97 Å². The maximum atomic E-state index is 14.3. The van der Waals surface area contributed by atoms with Crippen LogP contribution in [0.25, 0.3) is 11.1 Å². The highest BCUT2D eigenvalue weighted by Crippen LogP contribution is 2.39. The summed E-state index contributed by atoms with van der Waals surface area (Å²) in [6.45, 7) is 0.380. The van der Waals surface area contributed by atoms with Crippen molar-refractivity contribution in [2.24, 2.45) is 11.8 Å². The third-order valence-corrected chi connectivity index (χ3v) is 4.79. The van der Waals surface area contributed by atoms with Crippen LogP contribution >= 0.6 is 0 Å². The van der Waals surface area contributed by atoms with E-state index in [1.54, 1.807) is 36.4 Å². The van der Waals surface area contributed by atoms with E-state index in [0.717, 1.165) is 0 Å². The summed E-state index contributed by atoms with van der Waals surface area (Å²) in [6, 6.07) is 21.1. The summed E-state index contributed by atoms with van der Waals surface area (Å²) < 4.78 is 25.8. The van der Waals surface area contributed by atoms with Crippen LogP contribution in [0.5, 0.6) is 17.2 Å². The molecule has 0 aromatic heterocycles. The maximum Gasteiger partial charge on any atom is 0.306 e. The summed E-state index contributed by atoms with van der Waals surface area (Å²) in [5.41, 5.74) is 1.14.